The molecular weight excluding hydrogens is 330 g/mol. The Kier molecular flexibility index (Phi) is 5.35. The molecule has 1 aliphatic rings. The zero-order valence-corrected chi connectivity index (χ0v) is 15.6. The molecule has 0 aromatic carbocycles. The van der Waals surface area contributed by atoms with E-state index in [1.54, 1.807) is 10.9 Å². The van der Waals surface area contributed by atoms with Crippen molar-refractivity contribution in [3.8, 4) is 0 Å². The van der Waals surface area contributed by atoms with Crippen LogP contribution < -0.4 is 0 Å². The van der Waals surface area contributed by atoms with Gasteiger partial charge in [0, 0.05) is 43.8 Å². The molecule has 0 N–H and O–H groups in total. The third-order valence-corrected chi connectivity index (χ3v) is 4.77. The number of aryl methyl sites for hydroxylation is 2. The number of rotatable bonds is 4. The molecule has 1 aliphatic heterocycles. The molecule has 1 unspecified atom stereocenters. The van der Waals surface area contributed by atoms with Gasteiger partial charge in [0.05, 0.1) is 12.1 Å². The minimum atomic E-state index is -0.334. The van der Waals surface area contributed by atoms with E-state index in [0.29, 0.717) is 32.6 Å². The van der Waals surface area contributed by atoms with Crippen molar-refractivity contribution in [2.45, 2.75) is 33.2 Å². The van der Waals surface area contributed by atoms with Gasteiger partial charge in [-0.1, -0.05) is 6.07 Å². The molecule has 2 aromatic rings. The summed E-state index contributed by atoms with van der Waals surface area (Å²) in [5.74, 6) is 0.107. The molecule has 138 valence electrons. The second kappa shape index (κ2) is 7.68. The predicted molar refractivity (Wildman–Crippen MR) is 97.5 cm³/mol. The number of carbonyl (C=O) groups excluding carboxylic acids is 2. The molecule has 0 saturated carbocycles. The highest BCUT2D eigenvalue weighted by Gasteiger charge is 2.28. The SMILES string of the molecule is Cc1cc(C)n(C(C)C(=O)N2CCN(C(=O)Cc3ccccn3)CC2)n1. The summed E-state index contributed by atoms with van der Waals surface area (Å²) in [5.41, 5.74) is 2.66. The standard InChI is InChI=1S/C19H25N5O2/c1-14-12-15(2)24(21-14)16(3)19(26)23-10-8-22(9-11-23)18(25)13-17-6-4-5-7-20-17/h4-7,12,16H,8-11,13H2,1-3H3. The van der Waals surface area contributed by atoms with Crippen LogP contribution in [0.2, 0.25) is 0 Å². The molecule has 7 nitrogen and oxygen atoms in total. The minimum absolute atomic E-state index is 0.0491. The van der Waals surface area contributed by atoms with E-state index in [2.05, 4.69) is 10.1 Å². The molecule has 1 fully saturated rings. The largest absolute Gasteiger partial charge is 0.339 e. The maximum absolute atomic E-state index is 12.8. The van der Waals surface area contributed by atoms with Gasteiger partial charge in [-0.05, 0) is 39.0 Å². The average Bonchev–Trinajstić information content (AvgIpc) is 2.99. The van der Waals surface area contributed by atoms with Gasteiger partial charge in [-0.3, -0.25) is 19.3 Å². The Balaban J connectivity index is 1.55. The third-order valence-electron chi connectivity index (χ3n) is 4.77. The van der Waals surface area contributed by atoms with Gasteiger partial charge in [0.1, 0.15) is 6.04 Å². The smallest absolute Gasteiger partial charge is 0.247 e. The monoisotopic (exact) mass is 355 g/mol. The first-order chi connectivity index (χ1) is 12.5. The highest BCUT2D eigenvalue weighted by molar-refractivity contribution is 5.81. The summed E-state index contributed by atoms with van der Waals surface area (Å²) in [6, 6.07) is 7.21. The maximum Gasteiger partial charge on any atom is 0.247 e. The van der Waals surface area contributed by atoms with E-state index in [1.807, 2.05) is 54.8 Å². The normalized spacial score (nSPS) is 15.8. The Hall–Kier alpha value is -2.70. The average molecular weight is 355 g/mol. The molecule has 3 rings (SSSR count). The lowest BCUT2D eigenvalue weighted by atomic mass is 10.2. The van der Waals surface area contributed by atoms with Crippen molar-refractivity contribution in [3.63, 3.8) is 0 Å². The predicted octanol–water partition coefficient (Wildman–Crippen LogP) is 1.37. The van der Waals surface area contributed by atoms with Gasteiger partial charge in [-0.15, -0.1) is 0 Å². The number of hydrogen-bond acceptors (Lipinski definition) is 4. The van der Waals surface area contributed by atoms with E-state index in [4.69, 9.17) is 0 Å². The van der Waals surface area contributed by atoms with Crippen LogP contribution in [0.25, 0.3) is 0 Å². The van der Waals surface area contributed by atoms with E-state index in [1.165, 1.54) is 0 Å². The summed E-state index contributed by atoms with van der Waals surface area (Å²) < 4.78 is 1.77. The fraction of sp³-hybridized carbons (Fsp3) is 0.474. The molecule has 26 heavy (non-hydrogen) atoms. The molecule has 0 radical (unpaired) electrons. The summed E-state index contributed by atoms with van der Waals surface area (Å²) in [6.45, 7) is 7.97. The second-order valence-corrected chi connectivity index (χ2v) is 6.75. The second-order valence-electron chi connectivity index (χ2n) is 6.75. The van der Waals surface area contributed by atoms with Crippen molar-refractivity contribution in [2.75, 3.05) is 26.2 Å². The van der Waals surface area contributed by atoms with E-state index >= 15 is 0 Å². The van der Waals surface area contributed by atoms with Gasteiger partial charge in [-0.25, -0.2) is 0 Å². The zero-order chi connectivity index (χ0) is 18.7. The Labute approximate surface area is 153 Å². The molecule has 7 heteroatoms. The van der Waals surface area contributed by atoms with Crippen molar-refractivity contribution in [1.82, 2.24) is 24.6 Å². The van der Waals surface area contributed by atoms with Gasteiger partial charge >= 0.3 is 0 Å². The number of amides is 2. The summed E-state index contributed by atoms with van der Waals surface area (Å²) in [5, 5.41) is 4.41. The number of aromatic nitrogens is 3. The van der Waals surface area contributed by atoms with Gasteiger partial charge in [-0.2, -0.15) is 5.10 Å². The molecule has 0 aliphatic carbocycles. The Morgan fingerprint density at radius 1 is 1.12 bits per heavy atom. The summed E-state index contributed by atoms with van der Waals surface area (Å²) in [7, 11) is 0. The van der Waals surface area contributed by atoms with E-state index < -0.39 is 0 Å². The van der Waals surface area contributed by atoms with Crippen LogP contribution in [0.4, 0.5) is 0 Å². The Bertz CT molecular complexity index is 778. The first-order valence-electron chi connectivity index (χ1n) is 8.95. The highest BCUT2D eigenvalue weighted by Crippen LogP contribution is 2.15. The number of pyridine rings is 1. The van der Waals surface area contributed by atoms with Crippen LogP contribution in [-0.4, -0.2) is 62.6 Å². The van der Waals surface area contributed by atoms with Crippen molar-refractivity contribution in [2.24, 2.45) is 0 Å². The molecule has 2 aromatic heterocycles. The van der Waals surface area contributed by atoms with E-state index in [-0.39, 0.29) is 17.9 Å². The quantitative estimate of drug-likeness (QED) is 0.830. The molecular formula is C19H25N5O2. The number of piperazine rings is 1. The lowest BCUT2D eigenvalue weighted by Crippen LogP contribution is -2.52. The van der Waals surface area contributed by atoms with Crippen LogP contribution >= 0.6 is 0 Å². The summed E-state index contributed by atoms with van der Waals surface area (Å²) in [4.78, 5) is 33.0. The van der Waals surface area contributed by atoms with Crippen LogP contribution in [0.5, 0.6) is 0 Å². The van der Waals surface area contributed by atoms with Crippen LogP contribution in [0, 0.1) is 13.8 Å². The van der Waals surface area contributed by atoms with Gasteiger partial charge in [0.15, 0.2) is 0 Å². The molecule has 2 amide bonds. The van der Waals surface area contributed by atoms with Crippen molar-refractivity contribution in [1.29, 1.82) is 0 Å². The maximum atomic E-state index is 12.8. The van der Waals surface area contributed by atoms with E-state index in [9.17, 15) is 9.59 Å². The Morgan fingerprint density at radius 2 is 1.81 bits per heavy atom. The first kappa shape index (κ1) is 18.1. The fourth-order valence-corrected chi connectivity index (χ4v) is 3.35. The van der Waals surface area contributed by atoms with Crippen LogP contribution in [0.1, 0.15) is 30.0 Å². The van der Waals surface area contributed by atoms with Crippen LogP contribution in [0.15, 0.2) is 30.5 Å². The molecule has 1 atom stereocenters. The number of nitrogens with zero attached hydrogens (tertiary/aromatic N) is 5. The minimum Gasteiger partial charge on any atom is -0.339 e. The zero-order valence-electron chi connectivity index (χ0n) is 15.6. The summed E-state index contributed by atoms with van der Waals surface area (Å²) in [6.07, 6.45) is 2.00. The molecule has 0 bridgehead atoms. The fourth-order valence-electron chi connectivity index (χ4n) is 3.35. The number of hydrogen-bond donors (Lipinski definition) is 0. The number of carbonyl (C=O) groups is 2. The van der Waals surface area contributed by atoms with Crippen molar-refractivity contribution < 1.29 is 9.59 Å². The lowest BCUT2D eigenvalue weighted by Gasteiger charge is -2.36. The third kappa shape index (κ3) is 3.92. The van der Waals surface area contributed by atoms with Crippen molar-refractivity contribution >= 4 is 11.8 Å². The van der Waals surface area contributed by atoms with E-state index in [0.717, 1.165) is 17.1 Å². The van der Waals surface area contributed by atoms with Gasteiger partial charge in [0.25, 0.3) is 0 Å². The lowest BCUT2D eigenvalue weighted by molar-refractivity contribution is -0.141. The molecule has 1 saturated heterocycles. The Morgan fingerprint density at radius 3 is 2.38 bits per heavy atom. The first-order valence-corrected chi connectivity index (χ1v) is 8.95. The van der Waals surface area contributed by atoms with Crippen molar-refractivity contribution in [3.05, 3.63) is 47.5 Å². The van der Waals surface area contributed by atoms with Gasteiger partial charge in [0.2, 0.25) is 11.8 Å². The summed E-state index contributed by atoms with van der Waals surface area (Å²) >= 11 is 0. The molecule has 0 spiro atoms. The topological polar surface area (TPSA) is 71.3 Å². The van der Waals surface area contributed by atoms with Crippen LogP contribution in [0.3, 0.4) is 0 Å². The van der Waals surface area contributed by atoms with Gasteiger partial charge < -0.3 is 9.80 Å². The highest BCUT2D eigenvalue weighted by atomic mass is 16.2. The molecule has 3 heterocycles. The van der Waals surface area contributed by atoms with Crippen LogP contribution in [-0.2, 0) is 16.0 Å².